The Balaban J connectivity index is 2.34. The SMILES string of the molecule is CCOC(=O)c1cc(Nc2cncnc2)c(F)cc1N. The number of anilines is 3. The summed E-state index contributed by atoms with van der Waals surface area (Å²) in [7, 11) is 0. The molecule has 2 rings (SSSR count). The molecule has 0 saturated heterocycles. The molecule has 1 heterocycles. The van der Waals surface area contributed by atoms with Gasteiger partial charge in [0.1, 0.15) is 12.1 Å². The van der Waals surface area contributed by atoms with Crippen LogP contribution in [0.5, 0.6) is 0 Å². The van der Waals surface area contributed by atoms with Gasteiger partial charge >= 0.3 is 5.97 Å². The Morgan fingerprint density at radius 3 is 2.75 bits per heavy atom. The summed E-state index contributed by atoms with van der Waals surface area (Å²) in [5, 5.41) is 2.77. The van der Waals surface area contributed by atoms with Crippen molar-refractivity contribution in [2.45, 2.75) is 6.92 Å². The fourth-order valence-electron chi connectivity index (χ4n) is 1.59. The van der Waals surface area contributed by atoms with E-state index in [9.17, 15) is 9.18 Å². The molecule has 0 aliphatic heterocycles. The standard InChI is InChI=1S/C13H13FN4O2/c1-2-20-13(19)9-3-12(10(14)4-11(9)15)18-8-5-16-7-17-6-8/h3-7,18H,2,15H2,1H3. The van der Waals surface area contributed by atoms with E-state index in [1.807, 2.05) is 0 Å². The highest BCUT2D eigenvalue weighted by molar-refractivity contribution is 5.96. The molecule has 0 unspecified atom stereocenters. The summed E-state index contributed by atoms with van der Waals surface area (Å²) in [6.07, 6.45) is 4.31. The van der Waals surface area contributed by atoms with Crippen LogP contribution >= 0.6 is 0 Å². The lowest BCUT2D eigenvalue weighted by Crippen LogP contribution is -2.09. The van der Waals surface area contributed by atoms with Gasteiger partial charge in [0.2, 0.25) is 0 Å². The lowest BCUT2D eigenvalue weighted by Gasteiger charge is -2.11. The molecule has 0 bridgehead atoms. The predicted octanol–water partition coefficient (Wildman–Crippen LogP) is 2.12. The molecule has 2 aromatic rings. The second-order valence-electron chi connectivity index (χ2n) is 3.89. The molecule has 0 aliphatic rings. The van der Waals surface area contributed by atoms with E-state index in [0.717, 1.165) is 6.07 Å². The van der Waals surface area contributed by atoms with Gasteiger partial charge < -0.3 is 15.8 Å². The molecular weight excluding hydrogens is 263 g/mol. The van der Waals surface area contributed by atoms with Crippen LogP contribution in [0.25, 0.3) is 0 Å². The third-order valence-corrected chi connectivity index (χ3v) is 2.47. The molecular formula is C13H13FN4O2. The minimum absolute atomic E-state index is 0.0239. The van der Waals surface area contributed by atoms with Crippen LogP contribution in [0.15, 0.2) is 30.9 Å². The van der Waals surface area contributed by atoms with Gasteiger partial charge in [-0.05, 0) is 19.1 Å². The monoisotopic (exact) mass is 276 g/mol. The van der Waals surface area contributed by atoms with Gasteiger partial charge in [-0.25, -0.2) is 19.2 Å². The highest BCUT2D eigenvalue weighted by Gasteiger charge is 2.15. The largest absolute Gasteiger partial charge is 0.462 e. The normalized spacial score (nSPS) is 10.1. The molecule has 0 saturated carbocycles. The Kier molecular flexibility index (Phi) is 4.09. The van der Waals surface area contributed by atoms with E-state index < -0.39 is 11.8 Å². The zero-order valence-electron chi connectivity index (χ0n) is 10.8. The maximum atomic E-state index is 13.8. The van der Waals surface area contributed by atoms with Crippen LogP contribution in [0, 0.1) is 5.82 Å². The molecule has 0 aliphatic carbocycles. The number of carbonyl (C=O) groups excluding carboxylic acids is 1. The number of carbonyl (C=O) groups is 1. The molecule has 1 aromatic heterocycles. The molecule has 0 radical (unpaired) electrons. The summed E-state index contributed by atoms with van der Waals surface area (Å²) in [6, 6.07) is 2.37. The lowest BCUT2D eigenvalue weighted by atomic mass is 10.1. The molecule has 0 atom stereocenters. The van der Waals surface area contributed by atoms with E-state index in [2.05, 4.69) is 15.3 Å². The van der Waals surface area contributed by atoms with E-state index in [1.54, 1.807) is 6.92 Å². The van der Waals surface area contributed by atoms with Crippen molar-refractivity contribution < 1.29 is 13.9 Å². The maximum Gasteiger partial charge on any atom is 0.340 e. The number of nitrogens with one attached hydrogen (secondary N) is 1. The minimum Gasteiger partial charge on any atom is -0.462 e. The zero-order valence-corrected chi connectivity index (χ0v) is 10.8. The van der Waals surface area contributed by atoms with Crippen LogP contribution in [0.1, 0.15) is 17.3 Å². The van der Waals surface area contributed by atoms with Gasteiger partial charge in [-0.15, -0.1) is 0 Å². The Morgan fingerprint density at radius 2 is 2.10 bits per heavy atom. The van der Waals surface area contributed by atoms with Crippen LogP contribution in [0.4, 0.5) is 21.5 Å². The number of halogens is 1. The number of benzene rings is 1. The average Bonchev–Trinajstić information content (AvgIpc) is 2.43. The summed E-state index contributed by atoms with van der Waals surface area (Å²) in [5.74, 6) is -1.18. The first-order valence-corrected chi connectivity index (χ1v) is 5.90. The van der Waals surface area contributed by atoms with Crippen molar-refractivity contribution in [3.05, 3.63) is 42.2 Å². The van der Waals surface area contributed by atoms with E-state index in [4.69, 9.17) is 10.5 Å². The second-order valence-corrected chi connectivity index (χ2v) is 3.89. The van der Waals surface area contributed by atoms with Gasteiger partial charge in [-0.1, -0.05) is 0 Å². The van der Waals surface area contributed by atoms with E-state index in [1.165, 1.54) is 24.8 Å². The number of esters is 1. The number of hydrogen-bond acceptors (Lipinski definition) is 6. The van der Waals surface area contributed by atoms with Crippen LogP contribution < -0.4 is 11.1 Å². The Morgan fingerprint density at radius 1 is 1.40 bits per heavy atom. The maximum absolute atomic E-state index is 13.8. The molecule has 6 nitrogen and oxygen atoms in total. The number of nitrogen functional groups attached to an aromatic ring is 1. The van der Waals surface area contributed by atoms with Crippen LogP contribution in [-0.2, 0) is 4.74 Å². The van der Waals surface area contributed by atoms with Gasteiger partial charge in [0.25, 0.3) is 0 Å². The highest BCUT2D eigenvalue weighted by Crippen LogP contribution is 2.25. The Hall–Kier alpha value is -2.70. The van der Waals surface area contributed by atoms with Crippen molar-refractivity contribution in [2.75, 3.05) is 17.7 Å². The summed E-state index contributed by atoms with van der Waals surface area (Å²) < 4.78 is 18.7. The number of hydrogen-bond donors (Lipinski definition) is 2. The minimum atomic E-state index is -0.600. The number of nitrogens with two attached hydrogens (primary N) is 1. The first-order chi connectivity index (χ1) is 9.61. The smallest absolute Gasteiger partial charge is 0.340 e. The highest BCUT2D eigenvalue weighted by atomic mass is 19.1. The topological polar surface area (TPSA) is 90.1 Å². The van der Waals surface area contributed by atoms with Crippen LogP contribution in [0.2, 0.25) is 0 Å². The fraction of sp³-hybridized carbons (Fsp3) is 0.154. The number of ether oxygens (including phenoxy) is 1. The van der Waals surface area contributed by atoms with E-state index in [-0.39, 0.29) is 23.5 Å². The van der Waals surface area contributed by atoms with Gasteiger partial charge in [-0.2, -0.15) is 0 Å². The summed E-state index contributed by atoms with van der Waals surface area (Å²) in [5.41, 5.74) is 6.34. The van der Waals surface area contributed by atoms with E-state index in [0.29, 0.717) is 5.69 Å². The number of rotatable bonds is 4. The van der Waals surface area contributed by atoms with Crippen molar-refractivity contribution >= 4 is 23.0 Å². The Labute approximate surface area is 114 Å². The number of aromatic nitrogens is 2. The molecule has 0 fully saturated rings. The first kappa shape index (κ1) is 13.7. The van der Waals surface area contributed by atoms with Gasteiger partial charge in [0.15, 0.2) is 0 Å². The van der Waals surface area contributed by atoms with Crippen LogP contribution in [-0.4, -0.2) is 22.5 Å². The quantitative estimate of drug-likeness (QED) is 0.656. The third-order valence-electron chi connectivity index (χ3n) is 2.47. The lowest BCUT2D eigenvalue weighted by molar-refractivity contribution is 0.0527. The summed E-state index contributed by atoms with van der Waals surface area (Å²) in [4.78, 5) is 19.3. The summed E-state index contributed by atoms with van der Waals surface area (Å²) >= 11 is 0. The van der Waals surface area contributed by atoms with Crippen molar-refractivity contribution in [3.8, 4) is 0 Å². The van der Waals surface area contributed by atoms with Crippen molar-refractivity contribution in [1.82, 2.24) is 9.97 Å². The Bertz CT molecular complexity index is 619. The molecule has 20 heavy (non-hydrogen) atoms. The predicted molar refractivity (Wildman–Crippen MR) is 72.1 cm³/mol. The van der Waals surface area contributed by atoms with Gasteiger partial charge in [0.05, 0.1) is 35.9 Å². The fourth-order valence-corrected chi connectivity index (χ4v) is 1.59. The third kappa shape index (κ3) is 3.00. The molecule has 0 amide bonds. The summed E-state index contributed by atoms with van der Waals surface area (Å²) in [6.45, 7) is 1.89. The number of nitrogens with zero attached hydrogens (tertiary/aromatic N) is 2. The van der Waals surface area contributed by atoms with Crippen molar-refractivity contribution in [1.29, 1.82) is 0 Å². The molecule has 3 N–H and O–H groups in total. The van der Waals surface area contributed by atoms with E-state index >= 15 is 0 Å². The molecule has 7 heteroatoms. The molecule has 104 valence electrons. The van der Waals surface area contributed by atoms with Crippen molar-refractivity contribution in [3.63, 3.8) is 0 Å². The van der Waals surface area contributed by atoms with Crippen molar-refractivity contribution in [2.24, 2.45) is 0 Å². The van der Waals surface area contributed by atoms with Gasteiger partial charge in [0, 0.05) is 5.69 Å². The van der Waals surface area contributed by atoms with Gasteiger partial charge in [-0.3, -0.25) is 0 Å². The molecule has 0 spiro atoms. The molecule has 1 aromatic carbocycles. The second kappa shape index (κ2) is 5.96. The van der Waals surface area contributed by atoms with Crippen LogP contribution in [0.3, 0.4) is 0 Å². The zero-order chi connectivity index (χ0) is 14.5. The first-order valence-electron chi connectivity index (χ1n) is 5.90. The average molecular weight is 276 g/mol.